The van der Waals surface area contributed by atoms with Gasteiger partial charge >= 0.3 is 0 Å². The summed E-state index contributed by atoms with van der Waals surface area (Å²) in [6.07, 6.45) is -7.30. The number of rotatable bonds is 16. The van der Waals surface area contributed by atoms with Gasteiger partial charge in [-0.1, -0.05) is 152 Å². The number of fused-ring (bicyclic) bond motifs is 1. The van der Waals surface area contributed by atoms with Gasteiger partial charge < -0.3 is 47.4 Å². The van der Waals surface area contributed by atoms with Gasteiger partial charge in [-0.05, 0) is 29.2 Å². The standard InChI is InChI=1S/C48H52O10/c1-33-40(50-28-34-18-8-3-9-19-34)42(51-29-35-20-10-4-11-21-35)44(53-31-37-24-14-6-15-25-37)48(55-33)58-45-43(52-30-36-22-12-5-13-23-36)41-39(56-47(45)49-2)32-54-46(57-41)38-26-16-7-17-27-38/h3-27,33,39-48H,28-32H2,1-2H3/t33-,39+,40+,41-,42+,43-,44-,45+,46?,47+,48-/m0/s1. The van der Waals surface area contributed by atoms with Crippen LogP contribution in [0.2, 0.25) is 0 Å². The zero-order valence-electron chi connectivity index (χ0n) is 32.9. The fourth-order valence-electron chi connectivity index (χ4n) is 7.75. The van der Waals surface area contributed by atoms with Gasteiger partial charge in [-0.25, -0.2) is 0 Å². The second kappa shape index (κ2) is 20.1. The van der Waals surface area contributed by atoms with Crippen molar-refractivity contribution in [2.75, 3.05) is 13.7 Å². The van der Waals surface area contributed by atoms with Crippen LogP contribution in [0.5, 0.6) is 0 Å². The van der Waals surface area contributed by atoms with E-state index in [9.17, 15) is 0 Å². The Kier molecular flexibility index (Phi) is 14.0. The molecule has 1 unspecified atom stereocenters. The zero-order valence-corrected chi connectivity index (χ0v) is 32.9. The molecule has 5 aromatic carbocycles. The molecule has 11 atom stereocenters. The molecule has 58 heavy (non-hydrogen) atoms. The van der Waals surface area contributed by atoms with E-state index in [1.54, 1.807) is 7.11 Å². The van der Waals surface area contributed by atoms with E-state index < -0.39 is 67.7 Å². The van der Waals surface area contributed by atoms with Crippen LogP contribution < -0.4 is 0 Å². The SMILES string of the molecule is CO[C@@H]1O[C@@H]2COC(c3ccccc3)O[C@@H]2[C@H](OCc2ccccc2)[C@H]1O[C@@H]1O[C@@H](C)[C@@H](OCc2ccccc2)[C@@H](OCc2ccccc2)[C@@H]1OCc1ccccc1. The maximum Gasteiger partial charge on any atom is 0.187 e. The van der Waals surface area contributed by atoms with Crippen molar-refractivity contribution >= 4 is 0 Å². The minimum absolute atomic E-state index is 0.275. The van der Waals surface area contributed by atoms with Crippen molar-refractivity contribution in [1.29, 1.82) is 0 Å². The lowest BCUT2D eigenvalue weighted by atomic mass is 9.95. The van der Waals surface area contributed by atoms with Crippen LogP contribution in [0.25, 0.3) is 0 Å². The van der Waals surface area contributed by atoms with Crippen LogP contribution in [0.4, 0.5) is 0 Å². The van der Waals surface area contributed by atoms with Crippen molar-refractivity contribution < 1.29 is 47.4 Å². The van der Waals surface area contributed by atoms with Gasteiger partial charge in [0.05, 0.1) is 39.1 Å². The number of benzene rings is 5. The summed E-state index contributed by atoms with van der Waals surface area (Å²) in [5, 5.41) is 0. The molecule has 0 N–H and O–H groups in total. The van der Waals surface area contributed by atoms with E-state index in [0.29, 0.717) is 19.8 Å². The van der Waals surface area contributed by atoms with Gasteiger partial charge in [-0.3, -0.25) is 0 Å². The lowest BCUT2D eigenvalue weighted by Gasteiger charge is -2.51. The Morgan fingerprint density at radius 1 is 0.466 bits per heavy atom. The second-order valence-electron chi connectivity index (χ2n) is 14.8. The number of methoxy groups -OCH3 is 1. The molecule has 10 heteroatoms. The third-order valence-corrected chi connectivity index (χ3v) is 10.7. The van der Waals surface area contributed by atoms with E-state index in [1.807, 2.05) is 159 Å². The van der Waals surface area contributed by atoms with Gasteiger partial charge in [0, 0.05) is 12.7 Å². The molecule has 5 aromatic rings. The fraction of sp³-hybridized carbons (Fsp3) is 0.375. The summed E-state index contributed by atoms with van der Waals surface area (Å²) in [5.41, 5.74) is 4.95. The first kappa shape index (κ1) is 40.5. The summed E-state index contributed by atoms with van der Waals surface area (Å²) in [4.78, 5) is 0. The third-order valence-electron chi connectivity index (χ3n) is 10.7. The Labute approximate surface area is 340 Å². The predicted octanol–water partition coefficient (Wildman–Crippen LogP) is 7.94. The van der Waals surface area contributed by atoms with Gasteiger partial charge in [0.15, 0.2) is 18.9 Å². The molecule has 3 aliphatic rings. The van der Waals surface area contributed by atoms with E-state index in [1.165, 1.54) is 0 Å². The predicted molar refractivity (Wildman–Crippen MR) is 215 cm³/mol. The quantitative estimate of drug-likeness (QED) is 0.0982. The molecule has 10 nitrogen and oxygen atoms in total. The van der Waals surface area contributed by atoms with E-state index in [2.05, 4.69) is 0 Å². The maximum atomic E-state index is 7.11. The van der Waals surface area contributed by atoms with Gasteiger partial charge in [0.25, 0.3) is 0 Å². The van der Waals surface area contributed by atoms with Crippen molar-refractivity contribution in [3.8, 4) is 0 Å². The monoisotopic (exact) mass is 788 g/mol. The molecule has 304 valence electrons. The summed E-state index contributed by atoms with van der Waals surface area (Å²) < 4.78 is 66.6. The Morgan fingerprint density at radius 3 is 1.41 bits per heavy atom. The second-order valence-corrected chi connectivity index (χ2v) is 14.8. The Bertz CT molecular complexity index is 1920. The van der Waals surface area contributed by atoms with Crippen LogP contribution >= 0.6 is 0 Å². The van der Waals surface area contributed by atoms with Crippen LogP contribution in [-0.2, 0) is 73.8 Å². The normalized spacial score (nSPS) is 29.7. The molecule has 0 spiro atoms. The minimum atomic E-state index is -0.952. The highest BCUT2D eigenvalue weighted by molar-refractivity contribution is 5.18. The van der Waals surface area contributed by atoms with E-state index in [4.69, 9.17) is 47.4 Å². The highest BCUT2D eigenvalue weighted by Gasteiger charge is 2.55. The molecule has 3 heterocycles. The topological polar surface area (TPSA) is 92.3 Å². The van der Waals surface area contributed by atoms with Crippen molar-refractivity contribution in [2.24, 2.45) is 0 Å². The van der Waals surface area contributed by atoms with Crippen LogP contribution in [0.3, 0.4) is 0 Å². The molecule has 8 rings (SSSR count). The highest BCUT2D eigenvalue weighted by Crippen LogP contribution is 2.39. The van der Waals surface area contributed by atoms with E-state index in [-0.39, 0.29) is 13.2 Å². The first-order chi connectivity index (χ1) is 28.6. The highest BCUT2D eigenvalue weighted by atomic mass is 16.8. The van der Waals surface area contributed by atoms with E-state index >= 15 is 0 Å². The van der Waals surface area contributed by atoms with Crippen molar-refractivity contribution in [2.45, 2.75) is 101 Å². The first-order valence-corrected chi connectivity index (χ1v) is 20.1. The van der Waals surface area contributed by atoms with Crippen molar-refractivity contribution in [3.05, 3.63) is 179 Å². The molecule has 3 fully saturated rings. The molecule has 0 amide bonds. The molecule has 0 radical (unpaired) electrons. The lowest BCUT2D eigenvalue weighted by molar-refractivity contribution is -0.398. The number of hydrogen-bond donors (Lipinski definition) is 0. The van der Waals surface area contributed by atoms with E-state index in [0.717, 1.165) is 27.8 Å². The summed E-state index contributed by atoms with van der Waals surface area (Å²) >= 11 is 0. The Hall–Kier alpha value is -4.30. The Morgan fingerprint density at radius 2 is 0.914 bits per heavy atom. The zero-order chi connectivity index (χ0) is 39.5. The minimum Gasteiger partial charge on any atom is -0.368 e. The molecule has 0 bridgehead atoms. The van der Waals surface area contributed by atoms with Gasteiger partial charge in [-0.2, -0.15) is 0 Å². The largest absolute Gasteiger partial charge is 0.368 e. The smallest absolute Gasteiger partial charge is 0.187 e. The Balaban J connectivity index is 1.12. The van der Waals surface area contributed by atoms with Crippen molar-refractivity contribution in [3.63, 3.8) is 0 Å². The van der Waals surface area contributed by atoms with Gasteiger partial charge in [0.1, 0.15) is 42.7 Å². The molecule has 3 aliphatic heterocycles. The summed E-state index contributed by atoms with van der Waals surface area (Å²) in [6.45, 7) is 3.54. The van der Waals surface area contributed by atoms with Crippen LogP contribution in [-0.4, -0.2) is 75.1 Å². The summed E-state index contributed by atoms with van der Waals surface area (Å²) in [6, 6.07) is 50.1. The fourth-order valence-corrected chi connectivity index (χ4v) is 7.75. The molecule has 0 aliphatic carbocycles. The number of hydrogen-bond acceptors (Lipinski definition) is 10. The van der Waals surface area contributed by atoms with Gasteiger partial charge in [-0.15, -0.1) is 0 Å². The molecular formula is C48H52O10. The third kappa shape index (κ3) is 10.1. The van der Waals surface area contributed by atoms with Crippen LogP contribution in [0, 0.1) is 0 Å². The lowest BCUT2D eigenvalue weighted by Crippen LogP contribution is -2.66. The average Bonchev–Trinajstić information content (AvgIpc) is 3.28. The first-order valence-electron chi connectivity index (χ1n) is 20.1. The van der Waals surface area contributed by atoms with Crippen molar-refractivity contribution in [1.82, 2.24) is 0 Å². The molecular weight excluding hydrogens is 737 g/mol. The van der Waals surface area contributed by atoms with Crippen LogP contribution in [0.15, 0.2) is 152 Å². The molecule has 0 aromatic heterocycles. The average molecular weight is 789 g/mol. The van der Waals surface area contributed by atoms with Gasteiger partial charge in [0.2, 0.25) is 0 Å². The van der Waals surface area contributed by atoms with Crippen LogP contribution in [0.1, 0.15) is 41.0 Å². The molecule has 0 saturated carbocycles. The maximum absolute atomic E-state index is 7.11. The summed E-state index contributed by atoms with van der Waals surface area (Å²) in [7, 11) is 1.60. The number of ether oxygens (including phenoxy) is 10. The molecule has 3 saturated heterocycles. The summed E-state index contributed by atoms with van der Waals surface area (Å²) in [5.74, 6) is 0.